The number of alkyl halides is 1. The lowest BCUT2D eigenvalue weighted by molar-refractivity contribution is -0.143. The van der Waals surface area contributed by atoms with E-state index in [0.717, 1.165) is 25.2 Å². The smallest absolute Gasteiger partial charge is 0.317 e. The first-order chi connectivity index (χ1) is 6.33. The standard InChI is InChI=1S/C8H13BrO3S/c9-5-7(10)12-8-6-11-3-1-2-4-13-8/h8H,1-6H2. The summed E-state index contributed by atoms with van der Waals surface area (Å²) in [4.78, 5) is 10.9. The number of hydrogen-bond donors (Lipinski definition) is 0. The highest BCUT2D eigenvalue weighted by molar-refractivity contribution is 9.09. The van der Waals surface area contributed by atoms with Crippen LogP contribution >= 0.6 is 27.7 Å². The number of thioether (sulfide) groups is 1. The van der Waals surface area contributed by atoms with Crippen molar-refractivity contribution in [2.75, 3.05) is 24.3 Å². The number of carbonyl (C=O) groups excluding carboxylic acids is 1. The van der Waals surface area contributed by atoms with E-state index in [1.807, 2.05) is 0 Å². The molecule has 1 aliphatic rings. The molecule has 0 aromatic heterocycles. The maximum atomic E-state index is 10.9. The summed E-state index contributed by atoms with van der Waals surface area (Å²) in [6, 6.07) is 0. The van der Waals surface area contributed by atoms with E-state index in [1.165, 1.54) is 0 Å². The van der Waals surface area contributed by atoms with Crippen molar-refractivity contribution >= 4 is 33.7 Å². The van der Waals surface area contributed by atoms with Gasteiger partial charge in [-0.05, 0) is 18.6 Å². The molecule has 0 radical (unpaired) electrons. The average molecular weight is 269 g/mol. The first-order valence-electron chi connectivity index (χ1n) is 4.27. The molecule has 1 saturated heterocycles. The Labute approximate surface area is 90.7 Å². The number of rotatable bonds is 2. The summed E-state index contributed by atoms with van der Waals surface area (Å²) in [7, 11) is 0. The monoisotopic (exact) mass is 268 g/mol. The van der Waals surface area contributed by atoms with Crippen molar-refractivity contribution in [1.82, 2.24) is 0 Å². The van der Waals surface area contributed by atoms with Crippen LogP contribution < -0.4 is 0 Å². The van der Waals surface area contributed by atoms with Crippen LogP contribution in [0.4, 0.5) is 0 Å². The van der Waals surface area contributed by atoms with Crippen LogP contribution in [0.1, 0.15) is 12.8 Å². The van der Waals surface area contributed by atoms with Crippen molar-refractivity contribution in [3.63, 3.8) is 0 Å². The van der Waals surface area contributed by atoms with Crippen LogP contribution in [0.15, 0.2) is 0 Å². The molecule has 0 amide bonds. The number of esters is 1. The van der Waals surface area contributed by atoms with Gasteiger partial charge < -0.3 is 9.47 Å². The van der Waals surface area contributed by atoms with Crippen molar-refractivity contribution in [2.45, 2.75) is 18.3 Å². The van der Waals surface area contributed by atoms with Crippen LogP contribution in [-0.2, 0) is 14.3 Å². The zero-order valence-electron chi connectivity index (χ0n) is 7.33. The molecule has 0 aromatic rings. The molecule has 76 valence electrons. The summed E-state index contributed by atoms with van der Waals surface area (Å²) in [5.74, 6) is 0.825. The van der Waals surface area contributed by atoms with Crippen LogP contribution in [0, 0.1) is 0 Å². The third-order valence-electron chi connectivity index (χ3n) is 1.61. The van der Waals surface area contributed by atoms with Crippen LogP contribution in [0.5, 0.6) is 0 Å². The van der Waals surface area contributed by atoms with Gasteiger partial charge in [0.1, 0.15) is 5.33 Å². The van der Waals surface area contributed by atoms with E-state index in [9.17, 15) is 4.79 Å². The Hall–Kier alpha value is 0.260. The third kappa shape index (κ3) is 4.88. The molecule has 1 aliphatic heterocycles. The highest BCUT2D eigenvalue weighted by Crippen LogP contribution is 2.18. The summed E-state index contributed by atoms with van der Waals surface area (Å²) in [6.07, 6.45) is 2.24. The Bertz CT molecular complexity index is 157. The minimum absolute atomic E-state index is 0.120. The topological polar surface area (TPSA) is 35.5 Å². The molecule has 5 heteroatoms. The predicted octanol–water partition coefficient (Wildman–Crippen LogP) is 1.79. The summed E-state index contributed by atoms with van der Waals surface area (Å²) >= 11 is 4.70. The van der Waals surface area contributed by atoms with Crippen molar-refractivity contribution < 1.29 is 14.3 Å². The SMILES string of the molecule is O=C(CBr)OC1COCCCCS1. The zero-order valence-corrected chi connectivity index (χ0v) is 9.73. The molecule has 0 saturated carbocycles. The van der Waals surface area contributed by atoms with Gasteiger partial charge in [0.05, 0.1) is 6.61 Å². The second-order valence-electron chi connectivity index (χ2n) is 2.71. The molecule has 0 aliphatic carbocycles. The molecule has 0 bridgehead atoms. The van der Waals surface area contributed by atoms with E-state index in [-0.39, 0.29) is 16.7 Å². The van der Waals surface area contributed by atoms with Gasteiger partial charge in [-0.3, -0.25) is 4.79 Å². The summed E-state index contributed by atoms with van der Waals surface area (Å²) in [6.45, 7) is 1.30. The van der Waals surface area contributed by atoms with Gasteiger partial charge in [-0.1, -0.05) is 15.9 Å². The zero-order chi connectivity index (χ0) is 9.52. The van der Waals surface area contributed by atoms with Gasteiger partial charge in [-0.2, -0.15) is 0 Å². The molecule has 0 N–H and O–H groups in total. The third-order valence-corrected chi connectivity index (χ3v) is 3.20. The fraction of sp³-hybridized carbons (Fsp3) is 0.875. The van der Waals surface area contributed by atoms with Crippen LogP contribution in [0.3, 0.4) is 0 Å². The molecular formula is C8H13BrO3S. The van der Waals surface area contributed by atoms with Gasteiger partial charge in [0, 0.05) is 6.61 Å². The van der Waals surface area contributed by atoms with E-state index < -0.39 is 0 Å². The molecule has 1 atom stereocenters. The predicted molar refractivity (Wildman–Crippen MR) is 56.2 cm³/mol. The van der Waals surface area contributed by atoms with Gasteiger partial charge in [0.25, 0.3) is 0 Å². The van der Waals surface area contributed by atoms with Crippen molar-refractivity contribution in [2.24, 2.45) is 0 Å². The van der Waals surface area contributed by atoms with E-state index in [2.05, 4.69) is 15.9 Å². The highest BCUT2D eigenvalue weighted by atomic mass is 79.9. The molecule has 1 heterocycles. The Kier molecular flexibility index (Phi) is 5.82. The number of carbonyl (C=O) groups is 1. The van der Waals surface area contributed by atoms with E-state index >= 15 is 0 Å². The van der Waals surface area contributed by atoms with Crippen LogP contribution in [-0.4, -0.2) is 35.7 Å². The summed E-state index contributed by atoms with van der Waals surface area (Å²) in [5, 5.41) is 0.254. The van der Waals surface area contributed by atoms with Gasteiger partial charge in [-0.25, -0.2) is 0 Å². The van der Waals surface area contributed by atoms with E-state index in [4.69, 9.17) is 9.47 Å². The number of ether oxygens (including phenoxy) is 2. The molecule has 0 spiro atoms. The Morgan fingerprint density at radius 1 is 1.62 bits per heavy atom. The number of halogens is 1. The Morgan fingerprint density at radius 3 is 3.23 bits per heavy atom. The van der Waals surface area contributed by atoms with Gasteiger partial charge in [-0.15, -0.1) is 11.8 Å². The van der Waals surface area contributed by atoms with Crippen molar-refractivity contribution in [3.8, 4) is 0 Å². The van der Waals surface area contributed by atoms with Crippen molar-refractivity contribution in [1.29, 1.82) is 0 Å². The maximum Gasteiger partial charge on any atom is 0.317 e. The molecule has 3 nitrogen and oxygen atoms in total. The molecule has 1 unspecified atom stereocenters. The molecule has 1 fully saturated rings. The maximum absolute atomic E-state index is 10.9. The van der Waals surface area contributed by atoms with Gasteiger partial charge in [0.15, 0.2) is 5.44 Å². The highest BCUT2D eigenvalue weighted by Gasteiger charge is 2.15. The second-order valence-corrected chi connectivity index (χ2v) is 4.53. The van der Waals surface area contributed by atoms with E-state index in [0.29, 0.717) is 6.61 Å². The summed E-state index contributed by atoms with van der Waals surface area (Å²) < 4.78 is 10.4. The van der Waals surface area contributed by atoms with Crippen LogP contribution in [0.25, 0.3) is 0 Å². The van der Waals surface area contributed by atoms with Crippen LogP contribution in [0.2, 0.25) is 0 Å². The molecule has 0 aromatic carbocycles. The second kappa shape index (κ2) is 6.68. The number of hydrogen-bond acceptors (Lipinski definition) is 4. The normalized spacial score (nSPS) is 24.5. The Balaban J connectivity index is 2.25. The summed E-state index contributed by atoms with van der Waals surface area (Å²) in [5.41, 5.74) is -0.120. The van der Waals surface area contributed by atoms with Gasteiger partial charge >= 0.3 is 5.97 Å². The van der Waals surface area contributed by atoms with E-state index in [1.54, 1.807) is 11.8 Å². The molecule has 1 rings (SSSR count). The first kappa shape index (κ1) is 11.3. The largest absolute Gasteiger partial charge is 0.448 e. The van der Waals surface area contributed by atoms with Crippen molar-refractivity contribution in [3.05, 3.63) is 0 Å². The molecular weight excluding hydrogens is 256 g/mol. The molecule has 13 heavy (non-hydrogen) atoms. The minimum Gasteiger partial charge on any atom is -0.448 e. The lowest BCUT2D eigenvalue weighted by Crippen LogP contribution is -2.23. The quantitative estimate of drug-likeness (QED) is 0.565. The fourth-order valence-electron chi connectivity index (χ4n) is 0.995. The fourth-order valence-corrected chi connectivity index (χ4v) is 2.13. The average Bonchev–Trinajstić information content (AvgIpc) is 2.09. The first-order valence-corrected chi connectivity index (χ1v) is 6.44. The lowest BCUT2D eigenvalue weighted by atomic mass is 10.4. The van der Waals surface area contributed by atoms with Gasteiger partial charge in [0.2, 0.25) is 0 Å². The minimum atomic E-state index is -0.221. The lowest BCUT2D eigenvalue weighted by Gasteiger charge is -2.19. The Morgan fingerprint density at radius 2 is 2.46 bits per heavy atom.